The second-order valence-corrected chi connectivity index (χ2v) is 6.85. The number of hydrogen-bond acceptors (Lipinski definition) is 4. The van der Waals surface area contributed by atoms with E-state index < -0.39 is 0 Å². The summed E-state index contributed by atoms with van der Waals surface area (Å²) in [5, 5.41) is 0.683. The highest BCUT2D eigenvalue weighted by atomic mass is 32.2. The van der Waals surface area contributed by atoms with E-state index in [1.54, 1.807) is 0 Å². The molecule has 6 heteroatoms. The molecule has 1 saturated carbocycles. The van der Waals surface area contributed by atoms with E-state index in [9.17, 15) is 9.59 Å². The molecule has 0 N–H and O–H groups in total. The van der Waals surface area contributed by atoms with Gasteiger partial charge in [0.25, 0.3) is 5.56 Å². The fraction of sp³-hybridized carbons (Fsp3) is 0.667. The number of likely N-dealkylation sites (tertiary alicyclic amines) is 1. The molecule has 1 atom stereocenters. The van der Waals surface area contributed by atoms with Crippen LogP contribution in [-0.4, -0.2) is 38.7 Å². The van der Waals surface area contributed by atoms with Crippen molar-refractivity contribution in [2.24, 2.45) is 0 Å². The van der Waals surface area contributed by atoms with Crippen molar-refractivity contribution in [2.45, 2.75) is 56.3 Å². The Balaban J connectivity index is 1.65. The van der Waals surface area contributed by atoms with Crippen molar-refractivity contribution in [3.8, 4) is 0 Å². The smallest absolute Gasteiger partial charge is 0.273 e. The molecule has 0 radical (unpaired) electrons. The van der Waals surface area contributed by atoms with Crippen molar-refractivity contribution in [1.29, 1.82) is 0 Å². The zero-order valence-corrected chi connectivity index (χ0v) is 13.1. The van der Waals surface area contributed by atoms with E-state index in [0.29, 0.717) is 23.0 Å². The SMILES string of the molecule is C[C@H]1CCCCN1C(=O)CSc1nc(=O)ccn1C1CC1. The van der Waals surface area contributed by atoms with Crippen LogP contribution < -0.4 is 5.56 Å². The van der Waals surface area contributed by atoms with Crippen molar-refractivity contribution in [3.05, 3.63) is 22.6 Å². The maximum atomic E-state index is 12.4. The number of nitrogens with zero attached hydrogens (tertiary/aromatic N) is 3. The summed E-state index contributed by atoms with van der Waals surface area (Å²) in [5.41, 5.74) is -0.229. The molecule has 0 aromatic carbocycles. The summed E-state index contributed by atoms with van der Waals surface area (Å²) >= 11 is 1.39. The maximum Gasteiger partial charge on any atom is 0.273 e. The minimum atomic E-state index is -0.229. The van der Waals surface area contributed by atoms with E-state index in [0.717, 1.165) is 32.2 Å². The molecule has 1 aliphatic carbocycles. The van der Waals surface area contributed by atoms with Gasteiger partial charge in [-0.3, -0.25) is 9.59 Å². The lowest BCUT2D eigenvalue weighted by molar-refractivity contribution is -0.131. The molecule has 114 valence electrons. The van der Waals surface area contributed by atoms with Crippen LogP contribution in [0.15, 0.2) is 22.2 Å². The Morgan fingerprint density at radius 3 is 2.90 bits per heavy atom. The van der Waals surface area contributed by atoms with Gasteiger partial charge in [-0.2, -0.15) is 4.98 Å². The molecular formula is C15H21N3O2S. The second kappa shape index (κ2) is 6.22. The van der Waals surface area contributed by atoms with E-state index in [1.165, 1.54) is 24.2 Å². The fourth-order valence-corrected chi connectivity index (χ4v) is 3.74. The zero-order valence-electron chi connectivity index (χ0n) is 12.3. The third-order valence-corrected chi connectivity index (χ3v) is 5.14. The van der Waals surface area contributed by atoms with Gasteiger partial charge in [0.15, 0.2) is 5.16 Å². The Hall–Kier alpha value is -1.30. The van der Waals surface area contributed by atoms with Crippen LogP contribution >= 0.6 is 11.8 Å². The molecule has 0 bridgehead atoms. The standard InChI is InChI=1S/C15H21N3O2S/c1-11-4-2-3-8-17(11)14(20)10-21-15-16-13(19)7-9-18(15)12-5-6-12/h7,9,11-12H,2-6,8,10H2,1H3/t11-/m0/s1. The molecule has 1 aromatic heterocycles. The predicted octanol–water partition coefficient (Wildman–Crippen LogP) is 2.07. The maximum absolute atomic E-state index is 12.4. The second-order valence-electron chi connectivity index (χ2n) is 5.91. The van der Waals surface area contributed by atoms with E-state index in [-0.39, 0.29) is 11.5 Å². The van der Waals surface area contributed by atoms with E-state index >= 15 is 0 Å². The third kappa shape index (κ3) is 3.48. The van der Waals surface area contributed by atoms with E-state index in [1.807, 2.05) is 15.7 Å². The average Bonchev–Trinajstić information content (AvgIpc) is 3.30. The fourth-order valence-electron chi connectivity index (χ4n) is 2.81. The molecule has 0 spiro atoms. The molecular weight excluding hydrogens is 286 g/mol. The van der Waals surface area contributed by atoms with Crippen LogP contribution in [0.5, 0.6) is 0 Å². The van der Waals surface area contributed by atoms with Gasteiger partial charge in [0.2, 0.25) is 5.91 Å². The first-order valence-corrected chi connectivity index (χ1v) is 8.65. The number of rotatable bonds is 4. The molecule has 1 aromatic rings. The van der Waals surface area contributed by atoms with Gasteiger partial charge in [-0.1, -0.05) is 11.8 Å². The van der Waals surface area contributed by atoms with Gasteiger partial charge in [0.05, 0.1) is 5.75 Å². The molecule has 1 amide bonds. The highest BCUT2D eigenvalue weighted by Crippen LogP contribution is 2.37. The van der Waals surface area contributed by atoms with Gasteiger partial charge < -0.3 is 9.47 Å². The Morgan fingerprint density at radius 1 is 1.38 bits per heavy atom. The van der Waals surface area contributed by atoms with Gasteiger partial charge in [0, 0.05) is 30.9 Å². The van der Waals surface area contributed by atoms with Crippen molar-refractivity contribution in [1.82, 2.24) is 14.5 Å². The highest BCUT2D eigenvalue weighted by molar-refractivity contribution is 7.99. The number of thioether (sulfide) groups is 1. The number of piperidine rings is 1. The highest BCUT2D eigenvalue weighted by Gasteiger charge is 2.27. The number of carbonyl (C=O) groups excluding carboxylic acids is 1. The molecule has 3 rings (SSSR count). The summed E-state index contributed by atoms with van der Waals surface area (Å²) in [6, 6.07) is 2.29. The van der Waals surface area contributed by atoms with Crippen LogP contribution in [0.4, 0.5) is 0 Å². The lowest BCUT2D eigenvalue weighted by Crippen LogP contribution is -2.43. The topological polar surface area (TPSA) is 55.2 Å². The van der Waals surface area contributed by atoms with Crippen LogP contribution in [0, 0.1) is 0 Å². The van der Waals surface area contributed by atoms with Gasteiger partial charge in [-0.15, -0.1) is 0 Å². The summed E-state index contributed by atoms with van der Waals surface area (Å²) in [6.07, 6.45) is 7.47. The molecule has 2 aliphatic rings. The molecule has 5 nitrogen and oxygen atoms in total. The number of amides is 1. The molecule has 2 fully saturated rings. The summed E-state index contributed by atoms with van der Waals surface area (Å²) in [6.45, 7) is 2.97. The Kier molecular flexibility index (Phi) is 4.33. The van der Waals surface area contributed by atoms with Crippen LogP contribution in [0.3, 0.4) is 0 Å². The lowest BCUT2D eigenvalue weighted by atomic mass is 10.0. The van der Waals surface area contributed by atoms with Crippen molar-refractivity contribution < 1.29 is 4.79 Å². The first-order chi connectivity index (χ1) is 10.1. The minimum absolute atomic E-state index is 0.160. The van der Waals surface area contributed by atoms with Crippen molar-refractivity contribution >= 4 is 17.7 Å². The van der Waals surface area contributed by atoms with E-state index in [4.69, 9.17) is 0 Å². The van der Waals surface area contributed by atoms with Crippen LogP contribution in [0.1, 0.15) is 45.1 Å². The van der Waals surface area contributed by atoms with Crippen LogP contribution in [-0.2, 0) is 4.79 Å². The molecule has 1 saturated heterocycles. The Morgan fingerprint density at radius 2 is 2.19 bits per heavy atom. The lowest BCUT2D eigenvalue weighted by Gasteiger charge is -2.33. The third-order valence-electron chi connectivity index (χ3n) is 4.19. The summed E-state index contributed by atoms with van der Waals surface area (Å²) < 4.78 is 2.04. The van der Waals surface area contributed by atoms with E-state index in [2.05, 4.69) is 11.9 Å². The van der Waals surface area contributed by atoms with Crippen molar-refractivity contribution in [2.75, 3.05) is 12.3 Å². The van der Waals surface area contributed by atoms with Crippen molar-refractivity contribution in [3.63, 3.8) is 0 Å². The molecule has 1 aliphatic heterocycles. The number of aromatic nitrogens is 2. The first kappa shape index (κ1) is 14.6. The predicted molar refractivity (Wildman–Crippen MR) is 82.5 cm³/mol. The van der Waals surface area contributed by atoms with Gasteiger partial charge >= 0.3 is 0 Å². The van der Waals surface area contributed by atoms with Gasteiger partial charge in [-0.05, 0) is 39.0 Å². The molecule has 21 heavy (non-hydrogen) atoms. The normalized spacial score (nSPS) is 22.3. The molecule has 0 unspecified atom stereocenters. The largest absolute Gasteiger partial charge is 0.339 e. The average molecular weight is 307 g/mol. The Labute approximate surface area is 128 Å². The van der Waals surface area contributed by atoms with Gasteiger partial charge in [0.1, 0.15) is 0 Å². The number of carbonyl (C=O) groups is 1. The minimum Gasteiger partial charge on any atom is -0.339 e. The quantitative estimate of drug-likeness (QED) is 0.631. The summed E-state index contributed by atoms with van der Waals surface area (Å²) in [5.74, 6) is 0.528. The monoisotopic (exact) mass is 307 g/mol. The van der Waals surface area contributed by atoms with Crippen LogP contribution in [0.2, 0.25) is 0 Å². The molecule has 2 heterocycles. The van der Waals surface area contributed by atoms with Gasteiger partial charge in [-0.25, -0.2) is 0 Å². The van der Waals surface area contributed by atoms with Crippen LogP contribution in [0.25, 0.3) is 0 Å². The summed E-state index contributed by atoms with van der Waals surface area (Å²) in [4.78, 5) is 29.8. The number of hydrogen-bond donors (Lipinski definition) is 0. The first-order valence-electron chi connectivity index (χ1n) is 7.66. The zero-order chi connectivity index (χ0) is 14.8. The Bertz CT molecular complexity index is 583. The summed E-state index contributed by atoms with van der Waals surface area (Å²) in [7, 11) is 0.